The van der Waals surface area contributed by atoms with Crippen molar-refractivity contribution >= 4 is 27.3 Å². The lowest BCUT2D eigenvalue weighted by atomic mass is 9.94. The van der Waals surface area contributed by atoms with Gasteiger partial charge in [-0.15, -0.1) is 11.3 Å². The van der Waals surface area contributed by atoms with E-state index in [4.69, 9.17) is 4.74 Å². The molecule has 2 heterocycles. The van der Waals surface area contributed by atoms with Gasteiger partial charge in [0.15, 0.2) is 0 Å². The van der Waals surface area contributed by atoms with Crippen molar-refractivity contribution in [3.8, 4) is 0 Å². The molecular weight excluding hydrogens is 298 g/mol. The van der Waals surface area contributed by atoms with Crippen LogP contribution >= 0.6 is 27.3 Å². The van der Waals surface area contributed by atoms with Gasteiger partial charge < -0.3 is 10.1 Å². The van der Waals surface area contributed by atoms with Gasteiger partial charge in [0.05, 0.1) is 9.39 Å². The quantitative estimate of drug-likeness (QED) is 0.916. The maximum atomic E-state index is 5.72. The minimum absolute atomic E-state index is 0.0435. The Morgan fingerprint density at radius 2 is 2.35 bits per heavy atom. The van der Waals surface area contributed by atoms with Gasteiger partial charge in [0.1, 0.15) is 0 Å². The number of thiophene rings is 1. The molecule has 0 spiro atoms. The first-order chi connectivity index (χ1) is 8.05. The number of halogens is 1. The predicted octanol–water partition coefficient (Wildman–Crippen LogP) is 3.60. The summed E-state index contributed by atoms with van der Waals surface area (Å²) in [6, 6.07) is 4.93. The zero-order valence-corrected chi connectivity index (χ0v) is 12.9. The SMILES string of the molecule is CC1(C)CC(NCCc2ccc(Br)s2)CCO1. The average molecular weight is 318 g/mol. The number of nitrogens with one attached hydrogen (secondary N) is 1. The van der Waals surface area contributed by atoms with Crippen LogP contribution in [-0.2, 0) is 11.2 Å². The molecule has 1 aliphatic heterocycles. The van der Waals surface area contributed by atoms with Crippen molar-refractivity contribution in [2.75, 3.05) is 13.2 Å². The number of hydrogen-bond acceptors (Lipinski definition) is 3. The lowest BCUT2D eigenvalue weighted by molar-refractivity contribution is -0.0627. The van der Waals surface area contributed by atoms with E-state index in [0.29, 0.717) is 6.04 Å². The summed E-state index contributed by atoms with van der Waals surface area (Å²) in [5.74, 6) is 0. The van der Waals surface area contributed by atoms with E-state index in [1.165, 1.54) is 8.66 Å². The van der Waals surface area contributed by atoms with Crippen molar-refractivity contribution in [1.29, 1.82) is 0 Å². The van der Waals surface area contributed by atoms with Gasteiger partial charge in [-0.1, -0.05) is 0 Å². The molecule has 1 aromatic heterocycles. The van der Waals surface area contributed by atoms with Crippen molar-refractivity contribution in [1.82, 2.24) is 5.32 Å². The first-order valence-electron chi connectivity index (χ1n) is 6.17. The van der Waals surface area contributed by atoms with Crippen molar-refractivity contribution in [3.63, 3.8) is 0 Å². The van der Waals surface area contributed by atoms with Crippen LogP contribution in [0.2, 0.25) is 0 Å². The maximum Gasteiger partial charge on any atom is 0.0701 e. The molecule has 1 saturated heterocycles. The molecule has 0 bridgehead atoms. The summed E-state index contributed by atoms with van der Waals surface area (Å²) < 4.78 is 6.94. The van der Waals surface area contributed by atoms with E-state index in [2.05, 4.69) is 47.2 Å². The molecule has 0 saturated carbocycles. The highest BCUT2D eigenvalue weighted by Gasteiger charge is 2.28. The van der Waals surface area contributed by atoms with Crippen LogP contribution in [0.1, 0.15) is 31.6 Å². The van der Waals surface area contributed by atoms with Gasteiger partial charge in [0.2, 0.25) is 0 Å². The van der Waals surface area contributed by atoms with Gasteiger partial charge in [-0.2, -0.15) is 0 Å². The fourth-order valence-electron chi connectivity index (χ4n) is 2.29. The first-order valence-corrected chi connectivity index (χ1v) is 7.78. The molecule has 1 N–H and O–H groups in total. The van der Waals surface area contributed by atoms with Crippen LogP contribution in [-0.4, -0.2) is 24.8 Å². The molecule has 1 aliphatic rings. The molecule has 96 valence electrons. The van der Waals surface area contributed by atoms with Gasteiger partial charge >= 0.3 is 0 Å². The summed E-state index contributed by atoms with van der Waals surface area (Å²) in [6.07, 6.45) is 3.37. The maximum absolute atomic E-state index is 5.72. The summed E-state index contributed by atoms with van der Waals surface area (Å²) in [4.78, 5) is 1.44. The zero-order valence-electron chi connectivity index (χ0n) is 10.5. The molecule has 1 fully saturated rings. The number of hydrogen-bond donors (Lipinski definition) is 1. The molecule has 0 aliphatic carbocycles. The van der Waals surface area contributed by atoms with Gasteiger partial charge in [0.25, 0.3) is 0 Å². The Balaban J connectivity index is 1.71. The molecule has 0 aromatic carbocycles. The van der Waals surface area contributed by atoms with E-state index < -0.39 is 0 Å². The van der Waals surface area contributed by atoms with Crippen molar-refractivity contribution in [3.05, 3.63) is 20.8 Å². The molecule has 2 nitrogen and oxygen atoms in total. The second-order valence-electron chi connectivity index (χ2n) is 5.21. The lowest BCUT2D eigenvalue weighted by Crippen LogP contribution is -2.44. The summed E-state index contributed by atoms with van der Waals surface area (Å²) in [7, 11) is 0. The zero-order chi connectivity index (χ0) is 12.3. The molecular formula is C13H20BrNOS. The Morgan fingerprint density at radius 1 is 1.53 bits per heavy atom. The van der Waals surface area contributed by atoms with Crippen LogP contribution < -0.4 is 5.32 Å². The van der Waals surface area contributed by atoms with Crippen LogP contribution in [0.15, 0.2) is 15.9 Å². The van der Waals surface area contributed by atoms with Crippen molar-refractivity contribution in [2.45, 2.75) is 44.8 Å². The molecule has 1 aromatic rings. The molecule has 1 atom stereocenters. The van der Waals surface area contributed by atoms with Gasteiger partial charge in [-0.05, 0) is 61.2 Å². The summed E-state index contributed by atoms with van der Waals surface area (Å²) >= 11 is 5.32. The second kappa shape index (κ2) is 5.83. The van der Waals surface area contributed by atoms with Crippen LogP contribution in [0.4, 0.5) is 0 Å². The molecule has 4 heteroatoms. The van der Waals surface area contributed by atoms with Crippen molar-refractivity contribution in [2.24, 2.45) is 0 Å². The van der Waals surface area contributed by atoms with Gasteiger partial charge in [0, 0.05) is 24.1 Å². The summed E-state index contributed by atoms with van der Waals surface area (Å²) in [6.45, 7) is 6.30. The van der Waals surface area contributed by atoms with Crippen LogP contribution in [0.25, 0.3) is 0 Å². The molecule has 0 amide bonds. The molecule has 17 heavy (non-hydrogen) atoms. The largest absolute Gasteiger partial charge is 0.375 e. The van der Waals surface area contributed by atoms with E-state index in [1.807, 2.05) is 11.3 Å². The number of ether oxygens (including phenoxy) is 1. The normalized spacial score (nSPS) is 23.8. The third-order valence-corrected chi connectivity index (χ3v) is 4.81. The van der Waals surface area contributed by atoms with Gasteiger partial charge in [-0.25, -0.2) is 0 Å². The highest BCUT2D eigenvalue weighted by Crippen LogP contribution is 2.24. The highest BCUT2D eigenvalue weighted by atomic mass is 79.9. The lowest BCUT2D eigenvalue weighted by Gasteiger charge is -2.36. The topological polar surface area (TPSA) is 21.3 Å². The fraction of sp³-hybridized carbons (Fsp3) is 0.692. The standard InChI is InChI=1S/C13H20BrNOS/c1-13(2)9-10(6-8-16-13)15-7-5-11-3-4-12(14)17-11/h3-4,10,15H,5-9H2,1-2H3. The number of rotatable bonds is 4. The van der Waals surface area contributed by atoms with E-state index in [0.717, 1.165) is 32.4 Å². The minimum atomic E-state index is 0.0435. The molecule has 1 unspecified atom stereocenters. The average Bonchev–Trinajstić information content (AvgIpc) is 2.63. The Hall–Kier alpha value is 0.1000. The first kappa shape index (κ1) is 13.5. The van der Waals surface area contributed by atoms with Crippen LogP contribution in [0, 0.1) is 0 Å². The monoisotopic (exact) mass is 317 g/mol. The van der Waals surface area contributed by atoms with E-state index in [-0.39, 0.29) is 5.60 Å². The minimum Gasteiger partial charge on any atom is -0.375 e. The molecule has 0 radical (unpaired) electrons. The summed E-state index contributed by atoms with van der Waals surface area (Å²) in [5.41, 5.74) is 0.0435. The van der Waals surface area contributed by atoms with Crippen molar-refractivity contribution < 1.29 is 4.74 Å². The Bertz CT molecular complexity index is 364. The smallest absolute Gasteiger partial charge is 0.0701 e. The molecule has 2 rings (SSSR count). The Morgan fingerprint density at radius 3 is 3.00 bits per heavy atom. The third-order valence-electron chi connectivity index (χ3n) is 3.13. The van der Waals surface area contributed by atoms with E-state index >= 15 is 0 Å². The van der Waals surface area contributed by atoms with Crippen LogP contribution in [0.5, 0.6) is 0 Å². The second-order valence-corrected chi connectivity index (χ2v) is 7.76. The van der Waals surface area contributed by atoms with E-state index in [1.54, 1.807) is 0 Å². The summed E-state index contributed by atoms with van der Waals surface area (Å²) in [5, 5.41) is 3.65. The third kappa shape index (κ3) is 4.36. The Labute approximate surface area is 116 Å². The Kier molecular flexibility index (Phi) is 4.64. The van der Waals surface area contributed by atoms with E-state index in [9.17, 15) is 0 Å². The van der Waals surface area contributed by atoms with Gasteiger partial charge in [-0.3, -0.25) is 0 Å². The van der Waals surface area contributed by atoms with Crippen LogP contribution in [0.3, 0.4) is 0 Å². The highest BCUT2D eigenvalue weighted by molar-refractivity contribution is 9.11. The fourth-order valence-corrected chi connectivity index (χ4v) is 3.77. The predicted molar refractivity (Wildman–Crippen MR) is 76.8 cm³/mol.